The minimum atomic E-state index is 0.845. The molecule has 0 aliphatic rings. The van der Waals surface area contributed by atoms with E-state index in [0.29, 0.717) is 0 Å². The van der Waals surface area contributed by atoms with E-state index in [2.05, 4.69) is 102 Å². The molecule has 3 nitrogen and oxygen atoms in total. The third kappa shape index (κ3) is 4.74. The summed E-state index contributed by atoms with van der Waals surface area (Å²) in [5.41, 5.74) is 7.09. The van der Waals surface area contributed by atoms with Gasteiger partial charge in [-0.05, 0) is 61.2 Å². The van der Waals surface area contributed by atoms with Gasteiger partial charge in [0.25, 0.3) is 0 Å². The van der Waals surface area contributed by atoms with Crippen LogP contribution in [0.3, 0.4) is 0 Å². The van der Waals surface area contributed by atoms with Gasteiger partial charge in [-0.15, -0.1) is 0 Å². The van der Waals surface area contributed by atoms with Gasteiger partial charge in [-0.2, -0.15) is 0 Å². The largest absolute Gasteiger partial charge is 0.334 e. The summed E-state index contributed by atoms with van der Waals surface area (Å²) in [6.07, 6.45) is 0. The second kappa shape index (κ2) is 9.35. The number of benzene rings is 3. The van der Waals surface area contributed by atoms with Gasteiger partial charge in [0.2, 0.25) is 0 Å². The molecule has 1 aromatic heterocycles. The Morgan fingerprint density at radius 3 is 2.37 bits per heavy atom. The van der Waals surface area contributed by atoms with Crippen molar-refractivity contribution >= 4 is 16.6 Å². The molecule has 0 saturated carbocycles. The fourth-order valence-corrected chi connectivity index (χ4v) is 3.63. The van der Waals surface area contributed by atoms with E-state index in [4.69, 9.17) is 0 Å². The number of anilines is 1. The first-order valence-corrected chi connectivity index (χ1v) is 10.4. The van der Waals surface area contributed by atoms with E-state index in [9.17, 15) is 0 Å². The lowest BCUT2D eigenvalue weighted by Crippen LogP contribution is -2.12. The van der Waals surface area contributed by atoms with Crippen molar-refractivity contribution < 1.29 is 0 Å². The second-order valence-electron chi connectivity index (χ2n) is 7.50. The monoisotopic (exact) mass is 393 g/mol. The summed E-state index contributed by atoms with van der Waals surface area (Å²) >= 11 is 0. The molecule has 0 radical (unpaired) electrons. The van der Waals surface area contributed by atoms with Crippen molar-refractivity contribution in [2.75, 3.05) is 5.32 Å². The number of nitrogens with zero attached hydrogens (tertiary/aromatic N) is 1. The molecule has 0 fully saturated rings. The first-order chi connectivity index (χ1) is 14.7. The zero-order valence-corrected chi connectivity index (χ0v) is 17.6. The average molecular weight is 394 g/mol. The van der Waals surface area contributed by atoms with Gasteiger partial charge in [0, 0.05) is 42.3 Å². The van der Waals surface area contributed by atoms with Crippen molar-refractivity contribution in [3.8, 4) is 12.0 Å². The maximum Gasteiger partial charge on any atom is 0.0949 e. The SMILES string of the molecule is CCn1c(C#CNc2ccc(C)cc2)cc2cc(CNCc3ccccc3)ccc21. The Kier molecular flexibility index (Phi) is 6.17. The molecular formula is C27H27N3. The zero-order valence-electron chi connectivity index (χ0n) is 17.6. The van der Waals surface area contributed by atoms with Crippen molar-refractivity contribution in [3.05, 3.63) is 101 Å². The van der Waals surface area contributed by atoms with Crippen LogP contribution in [0.15, 0.2) is 78.9 Å². The molecule has 0 unspecified atom stereocenters. The molecule has 3 heteroatoms. The molecular weight excluding hydrogens is 366 g/mol. The molecule has 0 bridgehead atoms. The van der Waals surface area contributed by atoms with Crippen LogP contribution in [0.2, 0.25) is 0 Å². The lowest BCUT2D eigenvalue weighted by atomic mass is 10.1. The molecule has 0 aliphatic carbocycles. The Morgan fingerprint density at radius 2 is 1.60 bits per heavy atom. The molecule has 0 aliphatic heterocycles. The van der Waals surface area contributed by atoms with Crippen LogP contribution in [0.1, 0.15) is 29.3 Å². The highest BCUT2D eigenvalue weighted by atomic mass is 15.0. The van der Waals surface area contributed by atoms with E-state index in [-0.39, 0.29) is 0 Å². The van der Waals surface area contributed by atoms with Gasteiger partial charge >= 0.3 is 0 Å². The number of aryl methyl sites for hydroxylation is 2. The molecule has 30 heavy (non-hydrogen) atoms. The van der Waals surface area contributed by atoms with Crippen LogP contribution >= 0.6 is 0 Å². The molecule has 3 aromatic carbocycles. The zero-order chi connectivity index (χ0) is 20.8. The third-order valence-corrected chi connectivity index (χ3v) is 5.23. The van der Waals surface area contributed by atoms with E-state index in [1.54, 1.807) is 0 Å². The van der Waals surface area contributed by atoms with E-state index in [1.807, 2.05) is 18.2 Å². The van der Waals surface area contributed by atoms with Gasteiger partial charge in [-0.3, -0.25) is 0 Å². The number of fused-ring (bicyclic) bond motifs is 1. The fraction of sp³-hybridized carbons (Fsp3) is 0.185. The summed E-state index contributed by atoms with van der Waals surface area (Å²) in [5, 5.41) is 7.95. The second-order valence-corrected chi connectivity index (χ2v) is 7.50. The first-order valence-electron chi connectivity index (χ1n) is 10.4. The quantitative estimate of drug-likeness (QED) is 0.326. The van der Waals surface area contributed by atoms with Crippen molar-refractivity contribution in [1.29, 1.82) is 0 Å². The van der Waals surface area contributed by atoms with Crippen LogP contribution < -0.4 is 10.6 Å². The summed E-state index contributed by atoms with van der Waals surface area (Å²) in [7, 11) is 0. The van der Waals surface area contributed by atoms with Crippen molar-refractivity contribution in [3.63, 3.8) is 0 Å². The molecule has 0 amide bonds. The van der Waals surface area contributed by atoms with Crippen LogP contribution in [0.4, 0.5) is 5.69 Å². The third-order valence-electron chi connectivity index (χ3n) is 5.23. The van der Waals surface area contributed by atoms with Gasteiger partial charge in [0.1, 0.15) is 0 Å². The van der Waals surface area contributed by atoms with Gasteiger partial charge in [0.15, 0.2) is 0 Å². The average Bonchev–Trinajstić information content (AvgIpc) is 3.12. The van der Waals surface area contributed by atoms with Crippen LogP contribution in [-0.4, -0.2) is 4.57 Å². The topological polar surface area (TPSA) is 29.0 Å². The first kappa shape index (κ1) is 19.8. The molecule has 150 valence electrons. The van der Waals surface area contributed by atoms with E-state index >= 15 is 0 Å². The molecule has 1 heterocycles. The standard InChI is InChI=1S/C27H27N3/c1-3-30-26(15-16-29-25-12-9-21(2)10-13-25)18-24-17-23(11-14-27(24)30)20-28-19-22-7-5-4-6-8-22/h4-14,17-18,28-29H,3,19-20H2,1-2H3. The number of nitrogens with one attached hydrogen (secondary N) is 2. The summed E-state index contributed by atoms with van der Waals surface area (Å²) in [6.45, 7) is 6.85. The van der Waals surface area contributed by atoms with E-state index < -0.39 is 0 Å². The van der Waals surface area contributed by atoms with Crippen LogP contribution in [0, 0.1) is 18.9 Å². The number of rotatable bonds is 6. The summed E-state index contributed by atoms with van der Waals surface area (Å²) in [5.74, 6) is 3.29. The van der Waals surface area contributed by atoms with Crippen LogP contribution in [-0.2, 0) is 19.6 Å². The highest BCUT2D eigenvalue weighted by molar-refractivity contribution is 5.83. The Bertz CT molecular complexity index is 1180. The highest BCUT2D eigenvalue weighted by Crippen LogP contribution is 2.21. The maximum absolute atomic E-state index is 3.53. The molecule has 0 spiro atoms. The summed E-state index contributed by atoms with van der Waals surface area (Å²) in [6, 6.07) is 30.7. The van der Waals surface area contributed by atoms with Gasteiger partial charge in [0.05, 0.1) is 5.69 Å². The molecule has 0 atom stereocenters. The summed E-state index contributed by atoms with van der Waals surface area (Å²) < 4.78 is 2.26. The van der Waals surface area contributed by atoms with Gasteiger partial charge in [-0.25, -0.2) is 0 Å². The minimum Gasteiger partial charge on any atom is -0.334 e. The lowest BCUT2D eigenvalue weighted by Gasteiger charge is -2.07. The number of hydrogen-bond donors (Lipinski definition) is 2. The van der Waals surface area contributed by atoms with E-state index in [0.717, 1.165) is 31.0 Å². The smallest absolute Gasteiger partial charge is 0.0949 e. The number of aromatic nitrogens is 1. The predicted octanol–water partition coefficient (Wildman–Crippen LogP) is 5.68. The Balaban J connectivity index is 1.48. The van der Waals surface area contributed by atoms with Crippen molar-refractivity contribution in [2.45, 2.75) is 33.5 Å². The molecule has 4 rings (SSSR count). The van der Waals surface area contributed by atoms with Crippen molar-refractivity contribution in [2.24, 2.45) is 0 Å². The fourth-order valence-electron chi connectivity index (χ4n) is 3.63. The van der Waals surface area contributed by atoms with Crippen molar-refractivity contribution in [1.82, 2.24) is 9.88 Å². The molecule has 0 saturated heterocycles. The summed E-state index contributed by atoms with van der Waals surface area (Å²) in [4.78, 5) is 0. The molecule has 2 N–H and O–H groups in total. The van der Waals surface area contributed by atoms with Crippen LogP contribution in [0.5, 0.6) is 0 Å². The normalized spacial score (nSPS) is 10.6. The van der Waals surface area contributed by atoms with Gasteiger partial charge in [-0.1, -0.05) is 54.1 Å². The maximum atomic E-state index is 3.53. The highest BCUT2D eigenvalue weighted by Gasteiger charge is 2.07. The Morgan fingerprint density at radius 1 is 0.833 bits per heavy atom. The lowest BCUT2D eigenvalue weighted by molar-refractivity contribution is 0.694. The van der Waals surface area contributed by atoms with E-state index in [1.165, 1.54) is 27.6 Å². The number of hydrogen-bond acceptors (Lipinski definition) is 2. The Hall–Kier alpha value is -3.48. The molecule has 4 aromatic rings. The predicted molar refractivity (Wildman–Crippen MR) is 126 cm³/mol. The van der Waals surface area contributed by atoms with Crippen LogP contribution in [0.25, 0.3) is 10.9 Å². The Labute approximate surface area is 178 Å². The minimum absolute atomic E-state index is 0.845. The van der Waals surface area contributed by atoms with Gasteiger partial charge < -0.3 is 15.2 Å².